The van der Waals surface area contributed by atoms with E-state index >= 15 is 0 Å². The molecule has 3 heteroatoms. The highest BCUT2D eigenvalue weighted by atomic mass is 28.4. The predicted octanol–water partition coefficient (Wildman–Crippen LogP) is 5.61. The van der Waals surface area contributed by atoms with E-state index in [1.165, 1.54) is 0 Å². The lowest BCUT2D eigenvalue weighted by molar-refractivity contribution is 0.492. The van der Waals surface area contributed by atoms with Gasteiger partial charge in [0.2, 0.25) is 8.32 Å². The average Bonchev–Trinajstić information content (AvgIpc) is 2.46. The van der Waals surface area contributed by atoms with Crippen LogP contribution >= 0.6 is 0 Å². The Morgan fingerprint density at radius 3 is 2.14 bits per heavy atom. The van der Waals surface area contributed by atoms with Crippen LogP contribution in [0.2, 0.25) is 18.1 Å². The van der Waals surface area contributed by atoms with Gasteiger partial charge in [0.05, 0.1) is 11.6 Å². The van der Waals surface area contributed by atoms with Crippen molar-refractivity contribution in [2.75, 3.05) is 0 Å². The second-order valence-corrected chi connectivity index (χ2v) is 11.8. The Balaban J connectivity index is 2.29. The van der Waals surface area contributed by atoms with E-state index < -0.39 is 8.32 Å². The lowest BCUT2D eigenvalue weighted by Crippen LogP contribution is -2.43. The van der Waals surface area contributed by atoms with Gasteiger partial charge in [0.15, 0.2) is 0 Å². The minimum atomic E-state index is -1.83. The minimum absolute atomic E-state index is 0.178. The van der Waals surface area contributed by atoms with Gasteiger partial charge in [-0.25, -0.2) is 0 Å². The van der Waals surface area contributed by atoms with Crippen molar-refractivity contribution in [3.63, 3.8) is 0 Å². The molecule has 114 valence electrons. The van der Waals surface area contributed by atoms with Crippen molar-refractivity contribution in [2.45, 2.75) is 38.9 Å². The van der Waals surface area contributed by atoms with E-state index in [0.717, 1.165) is 16.9 Å². The first-order chi connectivity index (χ1) is 10.2. The van der Waals surface area contributed by atoms with E-state index in [-0.39, 0.29) is 5.04 Å². The number of nitriles is 1. The van der Waals surface area contributed by atoms with Gasteiger partial charge in [-0.15, -0.1) is 0 Å². The van der Waals surface area contributed by atoms with Crippen molar-refractivity contribution in [1.29, 1.82) is 5.26 Å². The third kappa shape index (κ3) is 3.58. The molecule has 2 nitrogen and oxygen atoms in total. The minimum Gasteiger partial charge on any atom is -0.543 e. The van der Waals surface area contributed by atoms with Gasteiger partial charge in [-0.1, -0.05) is 45.0 Å². The van der Waals surface area contributed by atoms with Gasteiger partial charge in [0.25, 0.3) is 0 Å². The summed E-state index contributed by atoms with van der Waals surface area (Å²) in [6.07, 6.45) is 0. The summed E-state index contributed by atoms with van der Waals surface area (Å²) in [6.45, 7) is 11.2. The number of hydrogen-bond donors (Lipinski definition) is 0. The Hall–Kier alpha value is -2.05. The van der Waals surface area contributed by atoms with E-state index in [1.54, 1.807) is 0 Å². The molecule has 2 aromatic rings. The predicted molar refractivity (Wildman–Crippen MR) is 94.4 cm³/mol. The SMILES string of the molecule is CC(C)(C)[Si](C)(C)Oc1cccc(-c2ccc(C#N)cc2)c1. The monoisotopic (exact) mass is 309 g/mol. The van der Waals surface area contributed by atoms with E-state index in [0.29, 0.717) is 5.56 Å². The molecule has 0 unspecified atom stereocenters. The summed E-state index contributed by atoms with van der Waals surface area (Å²) >= 11 is 0. The quantitative estimate of drug-likeness (QED) is 0.690. The first-order valence-corrected chi connectivity index (χ1v) is 10.4. The Kier molecular flexibility index (Phi) is 4.44. The molecule has 2 aromatic carbocycles. The van der Waals surface area contributed by atoms with Crippen molar-refractivity contribution in [3.8, 4) is 22.9 Å². The number of rotatable bonds is 3. The molecule has 0 amide bonds. The van der Waals surface area contributed by atoms with Crippen LogP contribution in [0.3, 0.4) is 0 Å². The summed E-state index contributed by atoms with van der Waals surface area (Å²) in [7, 11) is -1.83. The third-order valence-corrected chi connectivity index (χ3v) is 8.72. The number of hydrogen-bond acceptors (Lipinski definition) is 2. The van der Waals surface area contributed by atoms with E-state index in [1.807, 2.05) is 36.4 Å². The standard InChI is InChI=1S/C19H23NOSi/c1-19(2,3)22(4,5)21-18-8-6-7-17(13-18)16-11-9-15(14-20)10-12-16/h6-13H,1-5H3. The molecule has 0 saturated heterocycles. The maximum Gasteiger partial charge on any atom is 0.250 e. The van der Waals surface area contributed by atoms with Crippen LogP contribution in [-0.2, 0) is 0 Å². The molecular formula is C19H23NOSi. The normalized spacial score (nSPS) is 11.8. The molecule has 0 N–H and O–H groups in total. The van der Waals surface area contributed by atoms with Gasteiger partial charge in [0.1, 0.15) is 5.75 Å². The fraction of sp³-hybridized carbons (Fsp3) is 0.316. The topological polar surface area (TPSA) is 33.0 Å². The highest BCUT2D eigenvalue weighted by molar-refractivity contribution is 6.74. The Morgan fingerprint density at radius 2 is 1.59 bits per heavy atom. The molecule has 0 spiro atoms. The zero-order valence-electron chi connectivity index (χ0n) is 14.0. The van der Waals surface area contributed by atoms with Gasteiger partial charge in [-0.05, 0) is 53.5 Å². The van der Waals surface area contributed by atoms with Crippen LogP contribution in [0.25, 0.3) is 11.1 Å². The van der Waals surface area contributed by atoms with Crippen molar-refractivity contribution in [2.24, 2.45) is 0 Å². The zero-order valence-corrected chi connectivity index (χ0v) is 15.0. The molecule has 2 rings (SSSR count). The van der Waals surface area contributed by atoms with Crippen LogP contribution in [0.1, 0.15) is 26.3 Å². The van der Waals surface area contributed by atoms with Crippen molar-refractivity contribution < 1.29 is 4.43 Å². The molecule has 0 heterocycles. The van der Waals surface area contributed by atoms with Crippen LogP contribution in [0, 0.1) is 11.3 Å². The molecule has 0 bridgehead atoms. The molecule has 0 atom stereocenters. The third-order valence-electron chi connectivity index (χ3n) is 4.36. The fourth-order valence-corrected chi connectivity index (χ4v) is 2.95. The average molecular weight is 309 g/mol. The second-order valence-electron chi connectivity index (χ2n) is 7.08. The summed E-state index contributed by atoms with van der Waals surface area (Å²) in [5.74, 6) is 0.924. The summed E-state index contributed by atoms with van der Waals surface area (Å²) in [6, 6.07) is 18.0. The first kappa shape index (κ1) is 16.3. The molecule has 0 aromatic heterocycles. The summed E-state index contributed by atoms with van der Waals surface area (Å²) in [4.78, 5) is 0. The molecule has 22 heavy (non-hydrogen) atoms. The molecular weight excluding hydrogens is 286 g/mol. The maximum atomic E-state index is 8.88. The molecule has 0 aliphatic carbocycles. The van der Waals surface area contributed by atoms with E-state index in [9.17, 15) is 0 Å². The zero-order chi connectivity index (χ0) is 16.4. The summed E-state index contributed by atoms with van der Waals surface area (Å²) in [5.41, 5.74) is 2.89. The Labute approximate surface area is 134 Å². The highest BCUT2D eigenvalue weighted by Gasteiger charge is 2.38. The van der Waals surface area contributed by atoms with E-state index in [2.05, 4.69) is 52.1 Å². The lowest BCUT2D eigenvalue weighted by Gasteiger charge is -2.36. The van der Waals surface area contributed by atoms with Gasteiger partial charge < -0.3 is 4.43 Å². The van der Waals surface area contributed by atoms with Gasteiger partial charge in [-0.3, -0.25) is 0 Å². The lowest BCUT2D eigenvalue weighted by atomic mass is 10.0. The molecule has 0 aliphatic rings. The van der Waals surface area contributed by atoms with E-state index in [4.69, 9.17) is 9.69 Å². The Bertz CT molecular complexity index is 691. The van der Waals surface area contributed by atoms with Gasteiger partial charge >= 0.3 is 0 Å². The van der Waals surface area contributed by atoms with Gasteiger partial charge in [0, 0.05) is 0 Å². The first-order valence-electron chi connectivity index (χ1n) is 7.52. The van der Waals surface area contributed by atoms with Crippen molar-refractivity contribution in [3.05, 3.63) is 54.1 Å². The smallest absolute Gasteiger partial charge is 0.250 e. The largest absolute Gasteiger partial charge is 0.543 e. The molecule has 0 aliphatic heterocycles. The molecule has 0 radical (unpaired) electrons. The maximum absolute atomic E-state index is 8.88. The summed E-state index contributed by atoms with van der Waals surface area (Å²) in [5, 5.41) is 9.06. The van der Waals surface area contributed by atoms with Gasteiger partial charge in [-0.2, -0.15) is 5.26 Å². The van der Waals surface area contributed by atoms with Crippen LogP contribution in [0.5, 0.6) is 5.75 Å². The number of nitrogens with zero attached hydrogens (tertiary/aromatic N) is 1. The molecule has 0 saturated carbocycles. The van der Waals surface area contributed by atoms with Crippen molar-refractivity contribution in [1.82, 2.24) is 0 Å². The van der Waals surface area contributed by atoms with Crippen LogP contribution in [0.15, 0.2) is 48.5 Å². The molecule has 0 fully saturated rings. The van der Waals surface area contributed by atoms with Crippen LogP contribution in [0.4, 0.5) is 0 Å². The van der Waals surface area contributed by atoms with Crippen molar-refractivity contribution >= 4 is 8.32 Å². The second kappa shape index (κ2) is 5.98. The van der Waals surface area contributed by atoms with Crippen LogP contribution in [-0.4, -0.2) is 8.32 Å². The van der Waals surface area contributed by atoms with Crippen LogP contribution < -0.4 is 4.43 Å². The highest BCUT2D eigenvalue weighted by Crippen LogP contribution is 2.38. The summed E-state index contributed by atoms with van der Waals surface area (Å²) < 4.78 is 6.36. The number of benzene rings is 2. The Morgan fingerprint density at radius 1 is 0.955 bits per heavy atom. The fourth-order valence-electron chi connectivity index (χ4n) is 1.92.